The van der Waals surface area contributed by atoms with Gasteiger partial charge in [-0.05, 0) is 42.5 Å². The summed E-state index contributed by atoms with van der Waals surface area (Å²) in [5, 5.41) is 14.8. The fourth-order valence-corrected chi connectivity index (χ4v) is 6.72. The van der Waals surface area contributed by atoms with E-state index in [0.717, 1.165) is 61.1 Å². The summed E-state index contributed by atoms with van der Waals surface area (Å²) < 4.78 is 36.5. The summed E-state index contributed by atoms with van der Waals surface area (Å²) in [5.74, 6) is 2.17. The van der Waals surface area contributed by atoms with E-state index in [2.05, 4.69) is 17.0 Å². The lowest BCUT2D eigenvalue weighted by Gasteiger charge is -2.49. The number of benzene rings is 1. The van der Waals surface area contributed by atoms with Crippen molar-refractivity contribution in [1.82, 2.24) is 4.90 Å². The van der Waals surface area contributed by atoms with Gasteiger partial charge in [0.05, 0.1) is 17.9 Å². The standard InChI is InChI=1S/C18H24N2O4S.NO3/c1-25(21,22)20-5-2-3-13-10-19-6-4-12-7-17-18(24-11-23-17)8-14(12)16(19)9-15(13)20;2-1(3)4/h7-8,13,15-16H,2-6,9-11H2,1H3;/q;-1/p+1/t13-,15+,16+;/m1./s1. The second-order valence-electron chi connectivity index (χ2n) is 8.12. The highest BCUT2D eigenvalue weighted by atomic mass is 32.2. The van der Waals surface area contributed by atoms with Gasteiger partial charge in [0.15, 0.2) is 11.5 Å². The number of nitrogens with one attached hydrogen (secondary N) is 1. The fraction of sp³-hybridized carbons (Fsp3) is 0.667. The van der Waals surface area contributed by atoms with Crippen molar-refractivity contribution in [3.8, 4) is 11.5 Å². The van der Waals surface area contributed by atoms with Crippen molar-refractivity contribution in [2.45, 2.75) is 37.8 Å². The zero-order valence-corrected chi connectivity index (χ0v) is 17.0. The summed E-state index contributed by atoms with van der Waals surface area (Å²) in [4.78, 5) is 10.8. The van der Waals surface area contributed by atoms with Crippen LogP contribution in [0.1, 0.15) is 36.4 Å². The van der Waals surface area contributed by atoms with Crippen LogP contribution in [0.2, 0.25) is 0 Å². The average Bonchev–Trinajstić information content (AvgIpc) is 3.10. The molecule has 2 fully saturated rings. The van der Waals surface area contributed by atoms with Gasteiger partial charge in [-0.15, -0.1) is 0 Å². The molecule has 4 aliphatic rings. The molecule has 5 rings (SSSR count). The number of ether oxygens (including phenoxy) is 2. The summed E-state index contributed by atoms with van der Waals surface area (Å²) in [7, 11) is -3.07. The highest BCUT2D eigenvalue weighted by molar-refractivity contribution is 7.84. The largest absolute Gasteiger partial charge is 0.454 e. The lowest BCUT2D eigenvalue weighted by atomic mass is 9.77. The second kappa shape index (κ2) is 7.62. The fourth-order valence-electron chi connectivity index (χ4n) is 5.37. The van der Waals surface area contributed by atoms with Crippen molar-refractivity contribution in [3.63, 3.8) is 0 Å². The van der Waals surface area contributed by atoms with E-state index in [4.69, 9.17) is 24.8 Å². The van der Waals surface area contributed by atoms with Crippen LogP contribution in [0.3, 0.4) is 0 Å². The Balaban J connectivity index is 0.000000472. The maximum absolute atomic E-state index is 12.3. The Bertz CT molecular complexity index is 903. The maximum atomic E-state index is 12.3. The number of quaternary nitrogens is 1. The van der Waals surface area contributed by atoms with Crippen LogP contribution >= 0.6 is 0 Å². The van der Waals surface area contributed by atoms with Crippen LogP contribution in [0.25, 0.3) is 0 Å². The van der Waals surface area contributed by atoms with E-state index < -0.39 is 15.1 Å². The molecule has 2 saturated heterocycles. The molecule has 1 N–H and O–H groups in total. The first-order valence-corrected chi connectivity index (χ1v) is 11.7. The van der Waals surface area contributed by atoms with Crippen LogP contribution in [0.15, 0.2) is 12.1 Å². The molecule has 0 saturated carbocycles. The third-order valence-electron chi connectivity index (χ3n) is 6.51. The molecule has 29 heavy (non-hydrogen) atoms. The van der Waals surface area contributed by atoms with Crippen molar-refractivity contribution in [2.24, 2.45) is 5.92 Å². The van der Waals surface area contributed by atoms with Crippen molar-refractivity contribution in [3.05, 3.63) is 38.6 Å². The number of rotatable bonds is 1. The van der Waals surface area contributed by atoms with Gasteiger partial charge in [0.1, 0.15) is 6.04 Å². The van der Waals surface area contributed by atoms with E-state index >= 15 is 0 Å². The molecule has 0 aromatic heterocycles. The van der Waals surface area contributed by atoms with Crippen molar-refractivity contribution in [2.75, 3.05) is 32.7 Å². The molecule has 0 bridgehead atoms. The van der Waals surface area contributed by atoms with Gasteiger partial charge < -0.3 is 24.8 Å². The van der Waals surface area contributed by atoms with Crippen LogP contribution < -0.4 is 13.8 Å². The quantitative estimate of drug-likeness (QED) is 0.494. The zero-order valence-electron chi connectivity index (χ0n) is 16.2. The van der Waals surface area contributed by atoms with E-state index in [1.807, 2.05) is 0 Å². The molecule has 11 heteroatoms. The van der Waals surface area contributed by atoms with Gasteiger partial charge in [0, 0.05) is 31.5 Å². The Labute approximate surface area is 169 Å². The summed E-state index contributed by atoms with van der Waals surface area (Å²) in [5.41, 5.74) is 2.65. The molecule has 0 aliphatic carbocycles. The topological polar surface area (TPSA) is 126 Å². The SMILES string of the molecule is CS(=O)(=O)[NH+]1CCC[C@@H]2CN3CCc4cc5c(cc4[C@@H]3C[C@@H]21)OCO5.O=[N+]([O-])[O-]. The van der Waals surface area contributed by atoms with E-state index in [0.29, 0.717) is 18.8 Å². The molecule has 4 atom stereocenters. The first-order chi connectivity index (χ1) is 13.7. The highest BCUT2D eigenvalue weighted by Crippen LogP contribution is 2.44. The van der Waals surface area contributed by atoms with Crippen LogP contribution in [-0.2, 0) is 16.4 Å². The van der Waals surface area contributed by atoms with Crippen LogP contribution in [0, 0.1) is 21.2 Å². The summed E-state index contributed by atoms with van der Waals surface area (Å²) in [6, 6.07) is 4.77. The molecule has 0 spiro atoms. The molecule has 160 valence electrons. The molecular formula is C18H25N3O7S. The smallest absolute Gasteiger partial charge is 0.292 e. The lowest BCUT2D eigenvalue weighted by molar-refractivity contribution is -0.812. The normalized spacial score (nSPS) is 30.2. The second-order valence-corrected chi connectivity index (χ2v) is 10.2. The Morgan fingerprint density at radius 3 is 2.62 bits per heavy atom. The number of fused-ring (bicyclic) bond motifs is 5. The molecule has 0 amide bonds. The van der Waals surface area contributed by atoms with Crippen molar-refractivity contribution >= 4 is 10.0 Å². The van der Waals surface area contributed by atoms with Gasteiger partial charge in [-0.3, -0.25) is 4.90 Å². The van der Waals surface area contributed by atoms with Crippen LogP contribution in [0.4, 0.5) is 0 Å². The van der Waals surface area contributed by atoms with Gasteiger partial charge in [-0.2, -0.15) is 8.42 Å². The molecule has 1 unspecified atom stereocenters. The highest BCUT2D eigenvalue weighted by Gasteiger charge is 2.48. The van der Waals surface area contributed by atoms with Gasteiger partial charge in [0.25, 0.3) is 10.0 Å². The van der Waals surface area contributed by atoms with Gasteiger partial charge in [-0.1, -0.05) is 0 Å². The third kappa shape index (κ3) is 3.99. The number of hydrogen-bond acceptors (Lipinski definition) is 8. The first-order valence-electron chi connectivity index (χ1n) is 9.78. The maximum Gasteiger partial charge on any atom is 0.292 e. The molecule has 0 radical (unpaired) electrons. The first kappa shape index (κ1) is 20.2. The molecule has 10 nitrogen and oxygen atoms in total. The third-order valence-corrected chi connectivity index (χ3v) is 7.97. The summed E-state index contributed by atoms with van der Waals surface area (Å²) in [6.07, 6.45) is 5.50. The number of sulfonamides is 1. The predicted octanol–water partition coefficient (Wildman–Crippen LogP) is 0.102. The van der Waals surface area contributed by atoms with Gasteiger partial charge >= 0.3 is 0 Å². The molecule has 1 aromatic carbocycles. The van der Waals surface area contributed by atoms with E-state index in [1.165, 1.54) is 17.4 Å². The number of hydrogen-bond donors (Lipinski definition) is 1. The minimum absolute atomic E-state index is 0.210. The molecule has 4 aliphatic heterocycles. The van der Waals surface area contributed by atoms with Crippen LogP contribution in [0.5, 0.6) is 11.5 Å². The van der Waals surface area contributed by atoms with E-state index in [-0.39, 0.29) is 6.04 Å². The predicted molar refractivity (Wildman–Crippen MR) is 103 cm³/mol. The van der Waals surface area contributed by atoms with Crippen molar-refractivity contribution < 1.29 is 27.3 Å². The van der Waals surface area contributed by atoms with E-state index in [9.17, 15) is 8.42 Å². The number of piperidine rings is 2. The Kier molecular flexibility index (Phi) is 5.30. The Morgan fingerprint density at radius 1 is 1.24 bits per heavy atom. The molecular weight excluding hydrogens is 402 g/mol. The lowest BCUT2D eigenvalue weighted by Crippen LogP contribution is -3.19. The monoisotopic (exact) mass is 427 g/mol. The van der Waals surface area contributed by atoms with Crippen LogP contribution in [-0.4, -0.2) is 57.1 Å². The molecule has 4 heterocycles. The summed E-state index contributed by atoms with van der Waals surface area (Å²) in [6.45, 7) is 3.11. The Morgan fingerprint density at radius 2 is 1.93 bits per heavy atom. The minimum atomic E-state index is -3.07. The van der Waals surface area contributed by atoms with Crippen molar-refractivity contribution in [1.29, 1.82) is 0 Å². The zero-order chi connectivity index (χ0) is 20.8. The van der Waals surface area contributed by atoms with E-state index in [1.54, 1.807) is 0 Å². The van der Waals surface area contributed by atoms with Gasteiger partial charge in [-0.25, -0.2) is 4.31 Å². The number of nitrogens with zero attached hydrogens (tertiary/aromatic N) is 2. The average molecular weight is 427 g/mol. The minimum Gasteiger partial charge on any atom is -0.454 e. The van der Waals surface area contributed by atoms with Gasteiger partial charge in [0.2, 0.25) is 6.79 Å². The summed E-state index contributed by atoms with van der Waals surface area (Å²) >= 11 is 0. The Hall–Kier alpha value is -2.11. The molecule has 1 aromatic rings.